The van der Waals surface area contributed by atoms with Gasteiger partial charge in [-0.3, -0.25) is 4.90 Å². The first-order valence-corrected chi connectivity index (χ1v) is 5.30. The molecule has 0 radical (unpaired) electrons. The number of hydrogen-bond acceptors (Lipinski definition) is 3. The highest BCUT2D eigenvalue weighted by Gasteiger charge is 2.10. The van der Waals surface area contributed by atoms with Gasteiger partial charge in [-0.15, -0.1) is 0 Å². The summed E-state index contributed by atoms with van der Waals surface area (Å²) in [5.74, 6) is 0. The van der Waals surface area contributed by atoms with Crippen LogP contribution in [0.2, 0.25) is 0 Å². The zero-order valence-corrected chi connectivity index (χ0v) is 9.01. The van der Waals surface area contributed by atoms with Crippen LogP contribution in [-0.4, -0.2) is 31.1 Å². The van der Waals surface area contributed by atoms with Crippen molar-refractivity contribution in [2.24, 2.45) is 0 Å². The third-order valence-electron chi connectivity index (χ3n) is 2.24. The molecule has 0 saturated carbocycles. The molecule has 1 fully saturated rings. The molecule has 1 aliphatic heterocycles. The topological polar surface area (TPSA) is 28.4 Å². The smallest absolute Gasteiger partial charge is 0.169 e. The molecule has 0 spiro atoms. The van der Waals surface area contributed by atoms with Crippen LogP contribution in [0.4, 0.5) is 0 Å². The van der Waals surface area contributed by atoms with Gasteiger partial charge < -0.3 is 9.73 Å². The van der Waals surface area contributed by atoms with Crippen LogP contribution in [0.5, 0.6) is 0 Å². The van der Waals surface area contributed by atoms with Crippen LogP contribution in [0.15, 0.2) is 21.4 Å². The highest BCUT2D eigenvalue weighted by Crippen LogP contribution is 2.15. The number of halogens is 1. The number of rotatable bonds is 2. The lowest BCUT2D eigenvalue weighted by Gasteiger charge is -2.26. The third-order valence-corrected chi connectivity index (χ3v) is 2.65. The van der Waals surface area contributed by atoms with E-state index in [1.807, 2.05) is 12.3 Å². The van der Waals surface area contributed by atoms with Crippen molar-refractivity contribution in [3.05, 3.63) is 22.6 Å². The fourth-order valence-electron chi connectivity index (χ4n) is 1.56. The normalized spacial score (nSPS) is 19.2. The Morgan fingerprint density at radius 3 is 2.85 bits per heavy atom. The zero-order chi connectivity index (χ0) is 9.10. The molecule has 1 aromatic heterocycles. The molecular weight excluding hydrogens is 232 g/mol. The van der Waals surface area contributed by atoms with Crippen LogP contribution < -0.4 is 5.32 Å². The molecule has 0 bridgehead atoms. The predicted molar refractivity (Wildman–Crippen MR) is 54.6 cm³/mol. The van der Waals surface area contributed by atoms with Crippen LogP contribution in [0.3, 0.4) is 0 Å². The fourth-order valence-corrected chi connectivity index (χ4v) is 1.94. The van der Waals surface area contributed by atoms with E-state index in [1.165, 1.54) is 5.56 Å². The molecule has 1 saturated heterocycles. The Hall–Kier alpha value is -0.320. The quantitative estimate of drug-likeness (QED) is 0.854. The summed E-state index contributed by atoms with van der Waals surface area (Å²) in [6.07, 6.45) is 1.81. The molecule has 4 heteroatoms. The van der Waals surface area contributed by atoms with Crippen molar-refractivity contribution in [1.29, 1.82) is 0 Å². The number of hydrogen-bond donors (Lipinski definition) is 1. The first-order chi connectivity index (χ1) is 6.34. The van der Waals surface area contributed by atoms with Crippen molar-refractivity contribution in [1.82, 2.24) is 10.2 Å². The molecule has 1 aromatic rings. The van der Waals surface area contributed by atoms with E-state index in [9.17, 15) is 0 Å². The lowest BCUT2D eigenvalue weighted by Crippen LogP contribution is -2.42. The second kappa shape index (κ2) is 4.26. The van der Waals surface area contributed by atoms with Crippen LogP contribution in [0.25, 0.3) is 0 Å². The number of nitrogens with one attached hydrogen (secondary N) is 1. The van der Waals surface area contributed by atoms with Gasteiger partial charge in [0.2, 0.25) is 0 Å². The molecule has 1 N–H and O–H groups in total. The molecule has 0 aliphatic carbocycles. The first kappa shape index (κ1) is 9.24. The predicted octanol–water partition coefficient (Wildman–Crippen LogP) is 1.45. The molecule has 2 rings (SSSR count). The Morgan fingerprint density at radius 2 is 2.23 bits per heavy atom. The summed E-state index contributed by atoms with van der Waals surface area (Å²) in [5, 5.41) is 3.33. The molecule has 13 heavy (non-hydrogen) atoms. The first-order valence-electron chi connectivity index (χ1n) is 4.50. The summed E-state index contributed by atoms with van der Waals surface area (Å²) in [5.41, 5.74) is 1.24. The molecule has 0 atom stereocenters. The maximum atomic E-state index is 5.18. The van der Waals surface area contributed by atoms with Gasteiger partial charge in [-0.25, -0.2) is 0 Å². The van der Waals surface area contributed by atoms with Gasteiger partial charge in [0, 0.05) is 38.3 Å². The Bertz CT molecular complexity index is 268. The lowest BCUT2D eigenvalue weighted by atomic mass is 10.3. The summed E-state index contributed by atoms with van der Waals surface area (Å²) in [7, 11) is 0. The van der Waals surface area contributed by atoms with Gasteiger partial charge in [-0.2, -0.15) is 0 Å². The molecule has 0 amide bonds. The summed E-state index contributed by atoms with van der Waals surface area (Å²) < 4.78 is 6.00. The van der Waals surface area contributed by atoms with Crippen LogP contribution in [0.1, 0.15) is 5.56 Å². The summed E-state index contributed by atoms with van der Waals surface area (Å²) in [6.45, 7) is 5.44. The van der Waals surface area contributed by atoms with E-state index >= 15 is 0 Å². The van der Waals surface area contributed by atoms with Crippen LogP contribution >= 0.6 is 15.9 Å². The summed E-state index contributed by atoms with van der Waals surface area (Å²) in [6, 6.07) is 2.03. The van der Waals surface area contributed by atoms with Gasteiger partial charge in [-0.1, -0.05) is 0 Å². The standard InChI is InChI=1S/C9H13BrN2O/c10-9-5-8(7-13-9)6-12-3-1-11-2-4-12/h5,7,11H,1-4,6H2. The minimum absolute atomic E-state index is 0.817. The van der Waals surface area contributed by atoms with Crippen molar-refractivity contribution in [3.8, 4) is 0 Å². The Balaban J connectivity index is 1.89. The van der Waals surface area contributed by atoms with E-state index in [-0.39, 0.29) is 0 Å². The minimum Gasteiger partial charge on any atom is -0.457 e. The summed E-state index contributed by atoms with van der Waals surface area (Å²) in [4.78, 5) is 2.42. The van der Waals surface area contributed by atoms with Gasteiger partial charge in [0.1, 0.15) is 0 Å². The fraction of sp³-hybridized carbons (Fsp3) is 0.556. The zero-order valence-electron chi connectivity index (χ0n) is 7.42. The second-order valence-electron chi connectivity index (χ2n) is 3.29. The monoisotopic (exact) mass is 244 g/mol. The molecule has 3 nitrogen and oxygen atoms in total. The van der Waals surface area contributed by atoms with E-state index in [1.54, 1.807) is 0 Å². The largest absolute Gasteiger partial charge is 0.457 e. The molecule has 0 aromatic carbocycles. The van der Waals surface area contributed by atoms with Crippen molar-refractivity contribution < 1.29 is 4.42 Å². The SMILES string of the molecule is Brc1cc(CN2CCNCC2)co1. The Kier molecular flexibility index (Phi) is 3.03. The third kappa shape index (κ3) is 2.56. The van der Waals surface area contributed by atoms with E-state index in [4.69, 9.17) is 4.42 Å². The molecule has 0 unspecified atom stereocenters. The Labute approximate surface area is 86.2 Å². The van der Waals surface area contributed by atoms with Gasteiger partial charge in [0.15, 0.2) is 4.67 Å². The summed E-state index contributed by atoms with van der Waals surface area (Å²) >= 11 is 3.30. The highest BCUT2D eigenvalue weighted by atomic mass is 79.9. The van der Waals surface area contributed by atoms with Gasteiger partial charge in [0.05, 0.1) is 6.26 Å². The maximum absolute atomic E-state index is 5.18. The number of nitrogens with zero attached hydrogens (tertiary/aromatic N) is 1. The van der Waals surface area contributed by atoms with Crippen molar-refractivity contribution in [2.45, 2.75) is 6.54 Å². The van der Waals surface area contributed by atoms with E-state index in [0.717, 1.165) is 37.4 Å². The van der Waals surface area contributed by atoms with Crippen molar-refractivity contribution >= 4 is 15.9 Å². The minimum atomic E-state index is 0.817. The highest BCUT2D eigenvalue weighted by molar-refractivity contribution is 9.10. The molecular formula is C9H13BrN2O. The molecule has 72 valence electrons. The second-order valence-corrected chi connectivity index (χ2v) is 4.07. The van der Waals surface area contributed by atoms with Gasteiger partial charge in [-0.05, 0) is 22.0 Å². The van der Waals surface area contributed by atoms with E-state index in [0.29, 0.717) is 0 Å². The van der Waals surface area contributed by atoms with Crippen LogP contribution in [-0.2, 0) is 6.54 Å². The Morgan fingerprint density at radius 1 is 1.46 bits per heavy atom. The van der Waals surface area contributed by atoms with Crippen molar-refractivity contribution in [2.75, 3.05) is 26.2 Å². The maximum Gasteiger partial charge on any atom is 0.169 e. The number of furan rings is 1. The average Bonchev–Trinajstić information content (AvgIpc) is 2.53. The average molecular weight is 245 g/mol. The molecule has 2 heterocycles. The van der Waals surface area contributed by atoms with E-state index in [2.05, 4.69) is 26.1 Å². The van der Waals surface area contributed by atoms with Crippen LogP contribution in [0, 0.1) is 0 Å². The van der Waals surface area contributed by atoms with E-state index < -0.39 is 0 Å². The molecule has 1 aliphatic rings. The lowest BCUT2D eigenvalue weighted by molar-refractivity contribution is 0.232. The van der Waals surface area contributed by atoms with Gasteiger partial charge >= 0.3 is 0 Å². The number of piperazine rings is 1. The van der Waals surface area contributed by atoms with Gasteiger partial charge in [0.25, 0.3) is 0 Å². The van der Waals surface area contributed by atoms with Crippen molar-refractivity contribution in [3.63, 3.8) is 0 Å².